The average molecular weight is 283 g/mol. The van der Waals surface area contributed by atoms with Gasteiger partial charge in [0, 0.05) is 6.61 Å². The van der Waals surface area contributed by atoms with E-state index in [-0.39, 0.29) is 12.1 Å². The molecule has 0 aliphatic rings. The summed E-state index contributed by atoms with van der Waals surface area (Å²) in [5.41, 5.74) is 8.83. The van der Waals surface area contributed by atoms with Crippen molar-refractivity contribution in [2.75, 3.05) is 6.61 Å². The zero-order valence-corrected chi connectivity index (χ0v) is 12.7. The fourth-order valence-corrected chi connectivity index (χ4v) is 2.52. The number of rotatable bonds is 8. The highest BCUT2D eigenvalue weighted by Crippen LogP contribution is 2.19. The van der Waals surface area contributed by atoms with Gasteiger partial charge in [0.05, 0.1) is 12.1 Å². The summed E-state index contributed by atoms with van der Waals surface area (Å²) in [6.07, 6.45) is 3.10. The molecule has 0 spiro atoms. The first-order valence-electron chi connectivity index (χ1n) is 7.77. The Hall–Kier alpha value is -1.64. The fourth-order valence-electron chi connectivity index (χ4n) is 2.52. The summed E-state index contributed by atoms with van der Waals surface area (Å²) >= 11 is 0. The Morgan fingerprint density at radius 3 is 2.19 bits per heavy atom. The van der Waals surface area contributed by atoms with Crippen LogP contribution in [0.5, 0.6) is 0 Å². The maximum absolute atomic E-state index is 6.32. The largest absolute Gasteiger partial charge is 0.376 e. The predicted octanol–water partition coefficient (Wildman–Crippen LogP) is 4.11. The summed E-state index contributed by atoms with van der Waals surface area (Å²) < 4.78 is 6.00. The molecule has 112 valence electrons. The van der Waals surface area contributed by atoms with Crippen molar-refractivity contribution in [1.29, 1.82) is 0 Å². The van der Waals surface area contributed by atoms with Gasteiger partial charge in [-0.3, -0.25) is 0 Å². The third kappa shape index (κ3) is 5.00. The molecule has 0 saturated carbocycles. The Balaban J connectivity index is 1.77. The van der Waals surface area contributed by atoms with Crippen molar-refractivity contribution in [3.8, 4) is 0 Å². The van der Waals surface area contributed by atoms with Gasteiger partial charge >= 0.3 is 0 Å². The third-order valence-corrected chi connectivity index (χ3v) is 3.77. The van der Waals surface area contributed by atoms with Crippen LogP contribution in [0.4, 0.5) is 0 Å². The second-order valence-corrected chi connectivity index (χ2v) is 5.34. The van der Waals surface area contributed by atoms with Crippen LogP contribution in [-0.2, 0) is 11.2 Å². The van der Waals surface area contributed by atoms with Crippen LogP contribution in [0.1, 0.15) is 36.9 Å². The molecule has 2 aromatic rings. The standard InChI is InChI=1S/C19H25NO/c1-2-18(19(20)17-13-7-4-8-14-17)21-15-9-12-16-10-5-3-6-11-16/h3-8,10-11,13-14,18-19H,2,9,12,15,20H2,1H3. The zero-order valence-electron chi connectivity index (χ0n) is 12.7. The monoisotopic (exact) mass is 283 g/mol. The van der Waals surface area contributed by atoms with Gasteiger partial charge in [0.1, 0.15) is 0 Å². The molecule has 0 radical (unpaired) electrons. The molecule has 2 rings (SSSR count). The summed E-state index contributed by atoms with van der Waals surface area (Å²) in [6.45, 7) is 2.89. The molecule has 0 aliphatic heterocycles. The first-order valence-corrected chi connectivity index (χ1v) is 7.77. The van der Waals surface area contributed by atoms with Crippen molar-refractivity contribution in [2.24, 2.45) is 5.73 Å². The minimum absolute atomic E-state index is 0.0482. The van der Waals surface area contributed by atoms with Gasteiger partial charge in [-0.05, 0) is 30.4 Å². The van der Waals surface area contributed by atoms with Gasteiger partial charge in [-0.2, -0.15) is 0 Å². The lowest BCUT2D eigenvalue weighted by Crippen LogP contribution is -2.28. The second kappa shape index (κ2) is 8.60. The molecular formula is C19H25NO. The van der Waals surface area contributed by atoms with Crippen LogP contribution in [0.2, 0.25) is 0 Å². The van der Waals surface area contributed by atoms with Gasteiger partial charge in [-0.25, -0.2) is 0 Å². The lowest BCUT2D eigenvalue weighted by molar-refractivity contribution is 0.0314. The van der Waals surface area contributed by atoms with Crippen molar-refractivity contribution in [3.63, 3.8) is 0 Å². The fraction of sp³-hybridized carbons (Fsp3) is 0.368. The van der Waals surface area contributed by atoms with E-state index in [9.17, 15) is 0 Å². The molecule has 2 heteroatoms. The number of benzene rings is 2. The Morgan fingerprint density at radius 2 is 1.57 bits per heavy atom. The van der Waals surface area contributed by atoms with Crippen molar-refractivity contribution in [3.05, 3.63) is 71.8 Å². The number of aryl methyl sites for hydroxylation is 1. The van der Waals surface area contributed by atoms with Crippen molar-refractivity contribution in [2.45, 2.75) is 38.3 Å². The first kappa shape index (κ1) is 15.7. The minimum Gasteiger partial charge on any atom is -0.376 e. The van der Waals surface area contributed by atoms with Crippen LogP contribution in [0, 0.1) is 0 Å². The molecule has 0 saturated heterocycles. The van der Waals surface area contributed by atoms with Crippen LogP contribution in [0.15, 0.2) is 60.7 Å². The Labute approximate surface area is 127 Å². The molecule has 0 amide bonds. The predicted molar refractivity (Wildman–Crippen MR) is 88.2 cm³/mol. The summed E-state index contributed by atoms with van der Waals surface area (Å²) in [6, 6.07) is 20.7. The molecule has 2 atom stereocenters. The Bertz CT molecular complexity index is 497. The van der Waals surface area contributed by atoms with E-state index in [0.29, 0.717) is 0 Å². The maximum Gasteiger partial charge on any atom is 0.0765 e. The topological polar surface area (TPSA) is 35.2 Å². The van der Waals surface area contributed by atoms with Gasteiger partial charge in [-0.15, -0.1) is 0 Å². The number of hydrogen-bond donors (Lipinski definition) is 1. The number of hydrogen-bond acceptors (Lipinski definition) is 2. The van der Waals surface area contributed by atoms with E-state index in [1.807, 2.05) is 24.3 Å². The highest BCUT2D eigenvalue weighted by atomic mass is 16.5. The lowest BCUT2D eigenvalue weighted by atomic mass is 10.0. The minimum atomic E-state index is -0.0482. The van der Waals surface area contributed by atoms with Crippen LogP contribution in [0.3, 0.4) is 0 Å². The van der Waals surface area contributed by atoms with Crippen molar-refractivity contribution < 1.29 is 4.74 Å². The normalized spacial score (nSPS) is 13.8. The summed E-state index contributed by atoms with van der Waals surface area (Å²) in [5.74, 6) is 0. The Morgan fingerprint density at radius 1 is 0.952 bits per heavy atom. The molecule has 21 heavy (non-hydrogen) atoms. The maximum atomic E-state index is 6.32. The molecule has 2 N–H and O–H groups in total. The van der Waals surface area contributed by atoms with Crippen LogP contribution in [-0.4, -0.2) is 12.7 Å². The van der Waals surface area contributed by atoms with E-state index in [4.69, 9.17) is 10.5 Å². The molecule has 0 heterocycles. The average Bonchev–Trinajstić information content (AvgIpc) is 2.56. The highest BCUT2D eigenvalue weighted by Gasteiger charge is 2.17. The summed E-state index contributed by atoms with van der Waals surface area (Å²) in [5, 5.41) is 0. The molecule has 0 aliphatic carbocycles. The molecule has 2 nitrogen and oxygen atoms in total. The molecular weight excluding hydrogens is 258 g/mol. The Kier molecular flexibility index (Phi) is 6.45. The summed E-state index contributed by atoms with van der Waals surface area (Å²) in [4.78, 5) is 0. The molecule has 2 unspecified atom stereocenters. The van der Waals surface area contributed by atoms with Crippen LogP contribution in [0.25, 0.3) is 0 Å². The van der Waals surface area contributed by atoms with Crippen molar-refractivity contribution >= 4 is 0 Å². The molecule has 2 aromatic carbocycles. The third-order valence-electron chi connectivity index (χ3n) is 3.77. The number of ether oxygens (including phenoxy) is 1. The number of nitrogens with two attached hydrogens (primary N) is 1. The first-order chi connectivity index (χ1) is 10.3. The quantitative estimate of drug-likeness (QED) is 0.740. The second-order valence-electron chi connectivity index (χ2n) is 5.34. The van der Waals surface area contributed by atoms with E-state index in [2.05, 4.69) is 43.3 Å². The zero-order chi connectivity index (χ0) is 14.9. The SMILES string of the molecule is CCC(OCCCc1ccccc1)C(N)c1ccccc1. The van der Waals surface area contributed by atoms with E-state index < -0.39 is 0 Å². The van der Waals surface area contributed by atoms with Crippen molar-refractivity contribution in [1.82, 2.24) is 0 Å². The van der Waals surface area contributed by atoms with E-state index >= 15 is 0 Å². The molecule has 0 bridgehead atoms. The van der Waals surface area contributed by atoms with Gasteiger partial charge in [0.15, 0.2) is 0 Å². The summed E-state index contributed by atoms with van der Waals surface area (Å²) in [7, 11) is 0. The molecule has 0 fully saturated rings. The van der Waals surface area contributed by atoms with Gasteiger partial charge in [-0.1, -0.05) is 67.6 Å². The van der Waals surface area contributed by atoms with E-state index in [0.717, 1.165) is 31.4 Å². The lowest BCUT2D eigenvalue weighted by Gasteiger charge is -2.23. The van der Waals surface area contributed by atoms with E-state index in [1.54, 1.807) is 0 Å². The van der Waals surface area contributed by atoms with E-state index in [1.165, 1.54) is 5.56 Å². The smallest absolute Gasteiger partial charge is 0.0765 e. The van der Waals surface area contributed by atoms with Gasteiger partial charge in [0.25, 0.3) is 0 Å². The van der Waals surface area contributed by atoms with Gasteiger partial charge in [0.2, 0.25) is 0 Å². The molecule has 0 aromatic heterocycles. The van der Waals surface area contributed by atoms with Crippen LogP contribution < -0.4 is 5.73 Å². The highest BCUT2D eigenvalue weighted by molar-refractivity contribution is 5.19. The van der Waals surface area contributed by atoms with Crippen LogP contribution >= 0.6 is 0 Å². The van der Waals surface area contributed by atoms with Gasteiger partial charge < -0.3 is 10.5 Å².